The van der Waals surface area contributed by atoms with Gasteiger partial charge in [-0.2, -0.15) is 0 Å². The molecule has 4 nitrogen and oxygen atoms in total. The first-order valence-corrected chi connectivity index (χ1v) is 5.96. The molecule has 0 bridgehead atoms. The highest BCUT2D eigenvalue weighted by Crippen LogP contribution is 2.28. The average Bonchev–Trinajstić information content (AvgIpc) is 2.86. The number of anilines is 1. The van der Waals surface area contributed by atoms with Crippen LogP contribution in [0.1, 0.15) is 29.4 Å². The van der Waals surface area contributed by atoms with E-state index in [9.17, 15) is 4.79 Å². The van der Waals surface area contributed by atoms with Crippen molar-refractivity contribution in [3.63, 3.8) is 0 Å². The van der Waals surface area contributed by atoms with Crippen LogP contribution in [0.5, 0.6) is 0 Å². The number of thiazole rings is 1. The number of rotatable bonds is 3. The zero-order chi connectivity index (χ0) is 10.8. The van der Waals surface area contributed by atoms with Crippen molar-refractivity contribution in [3.8, 4) is 0 Å². The third-order valence-corrected chi connectivity index (χ3v) is 3.88. The molecular formula is C10H14N2O2S. The van der Waals surface area contributed by atoms with Crippen molar-refractivity contribution < 1.29 is 9.90 Å². The van der Waals surface area contributed by atoms with Gasteiger partial charge in [0.1, 0.15) is 4.88 Å². The van der Waals surface area contributed by atoms with Gasteiger partial charge < -0.3 is 10.0 Å². The lowest BCUT2D eigenvalue weighted by Crippen LogP contribution is -2.18. The van der Waals surface area contributed by atoms with Crippen molar-refractivity contribution in [3.05, 3.63) is 11.1 Å². The van der Waals surface area contributed by atoms with Crippen LogP contribution >= 0.6 is 11.3 Å². The monoisotopic (exact) mass is 226 g/mol. The first kappa shape index (κ1) is 10.4. The predicted molar refractivity (Wildman–Crippen MR) is 59.7 cm³/mol. The minimum atomic E-state index is -0.884. The van der Waals surface area contributed by atoms with E-state index in [1.54, 1.807) is 0 Å². The Hall–Kier alpha value is -1.10. The van der Waals surface area contributed by atoms with Crippen molar-refractivity contribution in [1.82, 2.24) is 4.98 Å². The van der Waals surface area contributed by atoms with Gasteiger partial charge in [-0.3, -0.25) is 0 Å². The van der Waals surface area contributed by atoms with E-state index in [0.717, 1.165) is 24.1 Å². The van der Waals surface area contributed by atoms with E-state index >= 15 is 0 Å². The van der Waals surface area contributed by atoms with E-state index in [-0.39, 0.29) is 0 Å². The van der Waals surface area contributed by atoms with E-state index in [2.05, 4.69) is 16.8 Å². The van der Waals surface area contributed by atoms with Crippen molar-refractivity contribution in [2.45, 2.75) is 19.8 Å². The molecule has 1 aliphatic heterocycles. The molecule has 5 heteroatoms. The highest BCUT2D eigenvalue weighted by molar-refractivity contribution is 7.17. The number of aromatic carboxylic acids is 1. The molecule has 2 rings (SSSR count). The number of carboxylic acid groups (broad SMARTS) is 1. The summed E-state index contributed by atoms with van der Waals surface area (Å²) in [5.74, 6) is -0.146. The number of nitrogens with zero attached hydrogens (tertiary/aromatic N) is 2. The molecule has 0 spiro atoms. The van der Waals surface area contributed by atoms with Crippen LogP contribution in [-0.2, 0) is 0 Å². The number of carbonyl (C=O) groups is 1. The van der Waals surface area contributed by atoms with E-state index in [1.165, 1.54) is 30.4 Å². The largest absolute Gasteiger partial charge is 0.477 e. The topological polar surface area (TPSA) is 53.4 Å². The summed E-state index contributed by atoms with van der Waals surface area (Å²) >= 11 is 1.27. The lowest BCUT2D eigenvalue weighted by molar-refractivity contribution is 0.0702. The second-order valence-corrected chi connectivity index (χ2v) is 4.83. The summed E-state index contributed by atoms with van der Waals surface area (Å²) in [5.41, 5.74) is 0. The lowest BCUT2D eigenvalue weighted by Gasteiger charge is -2.13. The van der Waals surface area contributed by atoms with Gasteiger partial charge in [-0.25, -0.2) is 9.78 Å². The van der Waals surface area contributed by atoms with Gasteiger partial charge in [0.25, 0.3) is 0 Å². The summed E-state index contributed by atoms with van der Waals surface area (Å²) in [6.45, 7) is 4.22. The molecule has 1 saturated heterocycles. The molecule has 1 unspecified atom stereocenters. The SMILES string of the molecule is CCC1CCN(c2ncc(C(=O)O)s2)C1. The molecule has 1 aliphatic rings. The van der Waals surface area contributed by atoms with Crippen molar-refractivity contribution >= 4 is 22.4 Å². The Kier molecular flexibility index (Phi) is 2.90. The maximum Gasteiger partial charge on any atom is 0.347 e. The summed E-state index contributed by atoms with van der Waals surface area (Å²) in [4.78, 5) is 17.4. The van der Waals surface area contributed by atoms with E-state index in [1.807, 2.05) is 0 Å². The van der Waals surface area contributed by atoms with Gasteiger partial charge in [-0.05, 0) is 12.3 Å². The summed E-state index contributed by atoms with van der Waals surface area (Å²) in [5, 5.41) is 9.64. The quantitative estimate of drug-likeness (QED) is 0.857. The van der Waals surface area contributed by atoms with E-state index < -0.39 is 5.97 Å². The molecule has 0 amide bonds. The molecule has 0 aliphatic carbocycles. The molecular weight excluding hydrogens is 212 g/mol. The van der Waals surface area contributed by atoms with Gasteiger partial charge >= 0.3 is 5.97 Å². The highest BCUT2D eigenvalue weighted by atomic mass is 32.1. The maximum atomic E-state index is 10.7. The smallest absolute Gasteiger partial charge is 0.347 e. The second-order valence-electron chi connectivity index (χ2n) is 3.82. The lowest BCUT2D eigenvalue weighted by atomic mass is 10.1. The molecule has 15 heavy (non-hydrogen) atoms. The zero-order valence-corrected chi connectivity index (χ0v) is 9.46. The molecule has 1 atom stereocenters. The van der Waals surface area contributed by atoms with Gasteiger partial charge in [-0.15, -0.1) is 0 Å². The van der Waals surface area contributed by atoms with Crippen molar-refractivity contribution in [2.24, 2.45) is 5.92 Å². The summed E-state index contributed by atoms with van der Waals surface area (Å²) in [6.07, 6.45) is 3.83. The fourth-order valence-electron chi connectivity index (χ4n) is 1.85. The molecule has 0 saturated carbocycles. The third-order valence-electron chi connectivity index (χ3n) is 2.84. The fourth-order valence-corrected chi connectivity index (χ4v) is 2.64. The van der Waals surface area contributed by atoms with Gasteiger partial charge in [0, 0.05) is 13.1 Å². The Balaban J connectivity index is 2.07. The molecule has 2 heterocycles. The fraction of sp³-hybridized carbons (Fsp3) is 0.600. The summed E-state index contributed by atoms with van der Waals surface area (Å²) in [6, 6.07) is 0. The van der Waals surface area contributed by atoms with Gasteiger partial charge in [0.15, 0.2) is 5.13 Å². The third kappa shape index (κ3) is 2.12. The van der Waals surface area contributed by atoms with Crippen LogP contribution in [-0.4, -0.2) is 29.1 Å². The standard InChI is InChI=1S/C10H14N2O2S/c1-2-7-3-4-12(6-7)10-11-5-8(15-10)9(13)14/h5,7H,2-4,6H2,1H3,(H,13,14). The van der Waals surface area contributed by atoms with Crippen LogP contribution in [0, 0.1) is 5.92 Å². The minimum absolute atomic E-state index is 0.324. The van der Waals surface area contributed by atoms with E-state index in [0.29, 0.717) is 4.88 Å². The molecule has 1 N–H and O–H groups in total. The van der Waals surface area contributed by atoms with Gasteiger partial charge in [0.2, 0.25) is 0 Å². The minimum Gasteiger partial charge on any atom is -0.477 e. The predicted octanol–water partition coefficient (Wildman–Crippen LogP) is 2.08. The number of hydrogen-bond donors (Lipinski definition) is 1. The molecule has 0 radical (unpaired) electrons. The van der Waals surface area contributed by atoms with Crippen LogP contribution in [0.15, 0.2) is 6.20 Å². The first-order valence-electron chi connectivity index (χ1n) is 5.14. The Labute approximate surface area is 92.6 Å². The van der Waals surface area contributed by atoms with Crippen LogP contribution in [0.25, 0.3) is 0 Å². The Morgan fingerprint density at radius 1 is 1.80 bits per heavy atom. The van der Waals surface area contributed by atoms with Crippen LogP contribution in [0.4, 0.5) is 5.13 Å². The Bertz CT molecular complexity index is 364. The molecule has 1 fully saturated rings. The van der Waals surface area contributed by atoms with Crippen LogP contribution in [0.2, 0.25) is 0 Å². The molecule has 1 aromatic rings. The van der Waals surface area contributed by atoms with Crippen molar-refractivity contribution in [2.75, 3.05) is 18.0 Å². The zero-order valence-electron chi connectivity index (χ0n) is 8.64. The highest BCUT2D eigenvalue weighted by Gasteiger charge is 2.23. The first-order chi connectivity index (χ1) is 7.20. The average molecular weight is 226 g/mol. The summed E-state index contributed by atoms with van der Waals surface area (Å²) in [7, 11) is 0. The van der Waals surface area contributed by atoms with Gasteiger partial charge in [0.05, 0.1) is 6.20 Å². The van der Waals surface area contributed by atoms with Crippen molar-refractivity contribution in [1.29, 1.82) is 0 Å². The number of hydrogen-bond acceptors (Lipinski definition) is 4. The molecule has 0 aromatic carbocycles. The summed E-state index contributed by atoms with van der Waals surface area (Å²) < 4.78 is 0. The normalized spacial score (nSPS) is 20.9. The number of aromatic nitrogens is 1. The van der Waals surface area contributed by atoms with Gasteiger partial charge in [-0.1, -0.05) is 24.7 Å². The molecule has 1 aromatic heterocycles. The van der Waals surface area contributed by atoms with Crippen LogP contribution < -0.4 is 4.90 Å². The van der Waals surface area contributed by atoms with E-state index in [4.69, 9.17) is 5.11 Å². The number of carboxylic acids is 1. The Morgan fingerprint density at radius 2 is 2.60 bits per heavy atom. The van der Waals surface area contributed by atoms with Crippen LogP contribution in [0.3, 0.4) is 0 Å². The second kappa shape index (κ2) is 4.18. The maximum absolute atomic E-state index is 10.7. The molecule has 82 valence electrons. The Morgan fingerprint density at radius 3 is 3.13 bits per heavy atom.